The SMILES string of the molecule is CS(=O)(=O)Cc1c(C(=O)Nc2cccc(Br)c2)oc2ccccc12. The molecule has 7 heteroatoms. The van der Waals surface area contributed by atoms with Crippen molar-refractivity contribution in [3.05, 3.63) is 64.3 Å². The molecule has 2 aromatic carbocycles. The van der Waals surface area contributed by atoms with Gasteiger partial charge in [-0.25, -0.2) is 8.42 Å². The molecule has 0 spiro atoms. The molecular formula is C17H14BrNO4S. The third-order valence-corrected chi connectivity index (χ3v) is 4.70. The van der Waals surface area contributed by atoms with E-state index < -0.39 is 15.7 Å². The molecule has 0 atom stereocenters. The summed E-state index contributed by atoms with van der Waals surface area (Å²) in [5, 5.41) is 3.36. The summed E-state index contributed by atoms with van der Waals surface area (Å²) in [5.74, 6) is -0.727. The van der Waals surface area contributed by atoms with Gasteiger partial charge in [-0.1, -0.05) is 40.2 Å². The van der Waals surface area contributed by atoms with E-state index in [4.69, 9.17) is 4.42 Å². The number of anilines is 1. The lowest BCUT2D eigenvalue weighted by molar-refractivity contribution is 0.0998. The van der Waals surface area contributed by atoms with Crippen molar-refractivity contribution in [2.75, 3.05) is 11.6 Å². The maximum absolute atomic E-state index is 12.6. The molecule has 24 heavy (non-hydrogen) atoms. The molecule has 1 heterocycles. The van der Waals surface area contributed by atoms with Crippen LogP contribution in [0.4, 0.5) is 5.69 Å². The molecule has 3 aromatic rings. The van der Waals surface area contributed by atoms with E-state index in [-0.39, 0.29) is 11.5 Å². The van der Waals surface area contributed by atoms with Crippen molar-refractivity contribution >= 4 is 48.3 Å². The maximum atomic E-state index is 12.6. The topological polar surface area (TPSA) is 76.4 Å². The van der Waals surface area contributed by atoms with Crippen LogP contribution in [0.3, 0.4) is 0 Å². The van der Waals surface area contributed by atoms with Crippen molar-refractivity contribution in [3.8, 4) is 0 Å². The van der Waals surface area contributed by atoms with Gasteiger partial charge in [0, 0.05) is 27.4 Å². The Balaban J connectivity index is 2.04. The van der Waals surface area contributed by atoms with E-state index in [2.05, 4.69) is 21.2 Å². The number of hydrogen-bond donors (Lipinski definition) is 1. The Kier molecular flexibility index (Phi) is 4.47. The van der Waals surface area contributed by atoms with E-state index in [9.17, 15) is 13.2 Å². The number of benzene rings is 2. The minimum atomic E-state index is -3.32. The first kappa shape index (κ1) is 16.7. The summed E-state index contributed by atoms with van der Waals surface area (Å²) in [5.41, 5.74) is 1.44. The third kappa shape index (κ3) is 3.68. The van der Waals surface area contributed by atoms with Crippen LogP contribution in [-0.2, 0) is 15.6 Å². The molecule has 0 saturated carbocycles. The van der Waals surface area contributed by atoms with Gasteiger partial charge in [-0.05, 0) is 24.3 Å². The Labute approximate surface area is 147 Å². The summed E-state index contributed by atoms with van der Waals surface area (Å²) < 4.78 is 29.9. The zero-order valence-electron chi connectivity index (χ0n) is 12.7. The highest BCUT2D eigenvalue weighted by molar-refractivity contribution is 9.10. The Hall–Kier alpha value is -2.12. The number of para-hydroxylation sites is 1. The lowest BCUT2D eigenvalue weighted by Gasteiger charge is -2.05. The second-order valence-electron chi connectivity index (χ2n) is 5.44. The predicted molar refractivity (Wildman–Crippen MR) is 96.9 cm³/mol. The van der Waals surface area contributed by atoms with Crippen LogP contribution in [0, 0.1) is 0 Å². The van der Waals surface area contributed by atoms with Crippen molar-refractivity contribution < 1.29 is 17.6 Å². The number of rotatable bonds is 4. The number of hydrogen-bond acceptors (Lipinski definition) is 4. The van der Waals surface area contributed by atoms with Gasteiger partial charge < -0.3 is 9.73 Å². The summed E-state index contributed by atoms with van der Waals surface area (Å²) in [6.45, 7) is 0. The van der Waals surface area contributed by atoms with Gasteiger partial charge in [0.25, 0.3) is 5.91 Å². The Morgan fingerprint density at radius 2 is 1.92 bits per heavy atom. The minimum absolute atomic E-state index is 0.0154. The molecule has 1 amide bonds. The van der Waals surface area contributed by atoms with Crippen molar-refractivity contribution in [3.63, 3.8) is 0 Å². The highest BCUT2D eigenvalue weighted by Gasteiger charge is 2.23. The number of fused-ring (bicyclic) bond motifs is 1. The molecule has 0 radical (unpaired) electrons. The molecule has 0 bridgehead atoms. The van der Waals surface area contributed by atoms with E-state index in [1.165, 1.54) is 0 Å². The van der Waals surface area contributed by atoms with Gasteiger partial charge in [0.2, 0.25) is 0 Å². The summed E-state index contributed by atoms with van der Waals surface area (Å²) >= 11 is 3.34. The Bertz CT molecular complexity index is 1020. The normalized spacial score (nSPS) is 11.6. The fourth-order valence-corrected chi connectivity index (χ4v) is 3.65. The molecule has 0 saturated heterocycles. The first-order chi connectivity index (χ1) is 11.3. The fraction of sp³-hybridized carbons (Fsp3) is 0.118. The lowest BCUT2D eigenvalue weighted by atomic mass is 10.1. The number of carbonyl (C=O) groups excluding carboxylic acids is 1. The molecule has 1 aromatic heterocycles. The van der Waals surface area contributed by atoms with Gasteiger partial charge in [0.1, 0.15) is 5.58 Å². The second kappa shape index (κ2) is 6.41. The molecule has 0 fully saturated rings. The molecule has 3 rings (SSSR count). The summed E-state index contributed by atoms with van der Waals surface area (Å²) in [7, 11) is -3.32. The molecular weight excluding hydrogens is 394 g/mol. The molecule has 0 aliphatic carbocycles. The van der Waals surface area contributed by atoms with Crippen LogP contribution < -0.4 is 5.32 Å². The van der Waals surface area contributed by atoms with E-state index >= 15 is 0 Å². The van der Waals surface area contributed by atoms with Crippen molar-refractivity contribution in [1.29, 1.82) is 0 Å². The number of carbonyl (C=O) groups is 1. The van der Waals surface area contributed by atoms with Crippen LogP contribution in [0.25, 0.3) is 11.0 Å². The first-order valence-corrected chi connectivity index (χ1v) is 9.94. The van der Waals surface area contributed by atoms with E-state index in [0.29, 0.717) is 22.2 Å². The maximum Gasteiger partial charge on any atom is 0.291 e. The van der Waals surface area contributed by atoms with Crippen molar-refractivity contribution in [1.82, 2.24) is 0 Å². The Morgan fingerprint density at radius 3 is 2.62 bits per heavy atom. The highest BCUT2D eigenvalue weighted by Crippen LogP contribution is 2.28. The molecule has 1 N–H and O–H groups in total. The summed E-state index contributed by atoms with van der Waals surface area (Å²) in [6, 6.07) is 14.1. The van der Waals surface area contributed by atoms with E-state index in [1.54, 1.807) is 42.5 Å². The van der Waals surface area contributed by atoms with Gasteiger partial charge in [-0.3, -0.25) is 4.79 Å². The number of furan rings is 1. The van der Waals surface area contributed by atoms with Crippen LogP contribution in [0.15, 0.2) is 57.4 Å². The van der Waals surface area contributed by atoms with Crippen LogP contribution in [-0.4, -0.2) is 20.6 Å². The standard InChI is InChI=1S/C17H14BrNO4S/c1-24(21,22)10-14-13-7-2-3-8-15(13)23-16(14)17(20)19-12-6-4-5-11(18)9-12/h2-9H,10H2,1H3,(H,19,20). The third-order valence-electron chi connectivity index (χ3n) is 3.39. The van der Waals surface area contributed by atoms with Crippen LogP contribution in [0.2, 0.25) is 0 Å². The van der Waals surface area contributed by atoms with Gasteiger partial charge in [0.15, 0.2) is 15.6 Å². The number of amides is 1. The average Bonchev–Trinajstić information content (AvgIpc) is 2.84. The molecule has 0 aliphatic heterocycles. The van der Waals surface area contributed by atoms with Crippen LogP contribution in [0.5, 0.6) is 0 Å². The van der Waals surface area contributed by atoms with Gasteiger partial charge in [-0.2, -0.15) is 0 Å². The molecule has 124 valence electrons. The van der Waals surface area contributed by atoms with E-state index in [1.807, 2.05) is 6.07 Å². The molecule has 0 aliphatic rings. The average molecular weight is 408 g/mol. The van der Waals surface area contributed by atoms with Gasteiger partial charge in [-0.15, -0.1) is 0 Å². The van der Waals surface area contributed by atoms with E-state index in [0.717, 1.165) is 10.7 Å². The summed E-state index contributed by atoms with van der Waals surface area (Å²) in [6.07, 6.45) is 1.13. The number of nitrogens with one attached hydrogen (secondary N) is 1. The first-order valence-electron chi connectivity index (χ1n) is 7.08. The monoisotopic (exact) mass is 407 g/mol. The molecule has 0 unspecified atom stereocenters. The zero-order chi connectivity index (χ0) is 17.3. The highest BCUT2D eigenvalue weighted by atomic mass is 79.9. The Morgan fingerprint density at radius 1 is 1.17 bits per heavy atom. The van der Waals surface area contributed by atoms with Crippen molar-refractivity contribution in [2.24, 2.45) is 0 Å². The molecule has 5 nitrogen and oxygen atoms in total. The quantitative estimate of drug-likeness (QED) is 0.708. The van der Waals surface area contributed by atoms with Crippen LogP contribution in [0.1, 0.15) is 16.1 Å². The summed E-state index contributed by atoms with van der Waals surface area (Å²) in [4.78, 5) is 12.6. The van der Waals surface area contributed by atoms with Crippen molar-refractivity contribution in [2.45, 2.75) is 5.75 Å². The number of halogens is 1. The van der Waals surface area contributed by atoms with Crippen LogP contribution >= 0.6 is 15.9 Å². The van der Waals surface area contributed by atoms with Gasteiger partial charge >= 0.3 is 0 Å². The second-order valence-corrected chi connectivity index (χ2v) is 8.50. The largest absolute Gasteiger partial charge is 0.451 e. The predicted octanol–water partition coefficient (Wildman–Crippen LogP) is 3.99. The van der Waals surface area contributed by atoms with Gasteiger partial charge in [0.05, 0.1) is 5.75 Å². The zero-order valence-corrected chi connectivity index (χ0v) is 15.1. The smallest absolute Gasteiger partial charge is 0.291 e. The number of sulfone groups is 1. The lowest BCUT2D eigenvalue weighted by Crippen LogP contribution is -2.14. The fourth-order valence-electron chi connectivity index (χ4n) is 2.44. The minimum Gasteiger partial charge on any atom is -0.451 e.